The van der Waals surface area contributed by atoms with Crippen LogP contribution in [0, 0.1) is 6.92 Å². The lowest BCUT2D eigenvalue weighted by atomic mass is 10.2. The zero-order valence-electron chi connectivity index (χ0n) is 10.9. The molecule has 0 aliphatic rings. The molecule has 0 radical (unpaired) electrons. The van der Waals surface area contributed by atoms with Gasteiger partial charge in [0.15, 0.2) is 0 Å². The van der Waals surface area contributed by atoms with Crippen LogP contribution < -0.4 is 10.2 Å². The van der Waals surface area contributed by atoms with Gasteiger partial charge in [-0.15, -0.1) is 0 Å². The molecule has 0 aliphatic carbocycles. The molecule has 1 atom stereocenters. The average Bonchev–Trinajstić information content (AvgIpc) is 2.35. The third-order valence-corrected chi connectivity index (χ3v) is 2.74. The van der Waals surface area contributed by atoms with Crippen molar-refractivity contribution in [1.29, 1.82) is 0 Å². The highest BCUT2D eigenvalue weighted by Gasteiger charge is 2.12. The Hall–Kier alpha value is -1.49. The predicted octanol–water partition coefficient (Wildman–Crippen LogP) is 1.14. The monoisotopic (exact) mass is 236 g/mol. The number of hydrogen-bond donors (Lipinski definition) is 1. The van der Waals surface area contributed by atoms with Gasteiger partial charge in [0.1, 0.15) is 5.82 Å². The van der Waals surface area contributed by atoms with Crippen molar-refractivity contribution in [3.63, 3.8) is 0 Å². The van der Waals surface area contributed by atoms with Gasteiger partial charge in [-0.25, -0.2) is 9.97 Å². The molecule has 0 aliphatic heterocycles. The van der Waals surface area contributed by atoms with Crippen molar-refractivity contribution in [2.24, 2.45) is 0 Å². The first-order valence-corrected chi connectivity index (χ1v) is 5.83. The second kappa shape index (κ2) is 6.30. The molecule has 1 N–H and O–H groups in total. The van der Waals surface area contributed by atoms with Crippen LogP contribution in [0.3, 0.4) is 0 Å². The summed E-state index contributed by atoms with van der Waals surface area (Å²) in [6, 6.07) is 0.349. The number of aryl methyl sites for hydroxylation is 1. The molecule has 0 bridgehead atoms. The molecule has 0 aromatic carbocycles. The molecule has 1 aromatic heterocycles. The van der Waals surface area contributed by atoms with E-state index in [-0.39, 0.29) is 5.91 Å². The summed E-state index contributed by atoms with van der Waals surface area (Å²) in [5.41, 5.74) is 0.714. The number of hydrogen-bond acceptors (Lipinski definition) is 4. The second-order valence-corrected chi connectivity index (χ2v) is 4.13. The van der Waals surface area contributed by atoms with E-state index in [0.717, 1.165) is 6.42 Å². The Bertz CT molecular complexity index is 363. The third kappa shape index (κ3) is 4.11. The molecule has 0 fully saturated rings. The number of nitrogens with zero attached hydrogens (tertiary/aromatic N) is 3. The van der Waals surface area contributed by atoms with Crippen LogP contribution in [0.25, 0.3) is 0 Å². The zero-order valence-corrected chi connectivity index (χ0v) is 10.9. The molecular formula is C12H20N4O. The minimum Gasteiger partial charge on any atom is -0.312 e. The van der Waals surface area contributed by atoms with E-state index in [4.69, 9.17) is 0 Å². The van der Waals surface area contributed by atoms with Crippen LogP contribution in [0.2, 0.25) is 0 Å². The molecule has 1 aromatic rings. The molecule has 1 rings (SSSR count). The van der Waals surface area contributed by atoms with E-state index in [1.54, 1.807) is 24.3 Å². The Morgan fingerprint density at radius 2 is 2.06 bits per heavy atom. The molecule has 1 amide bonds. The number of rotatable bonds is 5. The molecular weight excluding hydrogens is 216 g/mol. The Morgan fingerprint density at radius 3 is 2.59 bits per heavy atom. The third-order valence-electron chi connectivity index (χ3n) is 2.74. The largest absolute Gasteiger partial charge is 0.312 e. The van der Waals surface area contributed by atoms with Gasteiger partial charge in [0.25, 0.3) is 0 Å². The summed E-state index contributed by atoms with van der Waals surface area (Å²) in [6.45, 7) is 6.29. The highest BCUT2D eigenvalue weighted by molar-refractivity contribution is 5.93. The highest BCUT2D eigenvalue weighted by atomic mass is 16.2. The lowest BCUT2D eigenvalue weighted by Gasteiger charge is -2.18. The number of nitrogens with one attached hydrogen (secondary N) is 1. The fraction of sp³-hybridized carbons (Fsp3) is 0.583. The summed E-state index contributed by atoms with van der Waals surface area (Å²) in [6.07, 6.45) is 4.32. The van der Waals surface area contributed by atoms with Crippen LogP contribution in [0.4, 0.5) is 5.69 Å². The van der Waals surface area contributed by atoms with Crippen molar-refractivity contribution in [1.82, 2.24) is 15.3 Å². The van der Waals surface area contributed by atoms with E-state index in [0.29, 0.717) is 24.1 Å². The zero-order chi connectivity index (χ0) is 12.8. The van der Waals surface area contributed by atoms with Crippen molar-refractivity contribution in [3.05, 3.63) is 18.2 Å². The SMILES string of the molecule is CCC(C)NCC(=O)N(C)c1cnc(C)nc1. The molecule has 5 heteroatoms. The smallest absolute Gasteiger partial charge is 0.240 e. The first-order chi connectivity index (χ1) is 8.04. The Labute approximate surface area is 102 Å². The van der Waals surface area contributed by atoms with E-state index >= 15 is 0 Å². The lowest BCUT2D eigenvalue weighted by molar-refractivity contribution is -0.117. The number of likely N-dealkylation sites (N-methyl/N-ethyl adjacent to an activating group) is 1. The van der Waals surface area contributed by atoms with Gasteiger partial charge in [-0.3, -0.25) is 4.79 Å². The van der Waals surface area contributed by atoms with Crippen LogP contribution in [0.5, 0.6) is 0 Å². The number of carbonyl (C=O) groups excluding carboxylic acids is 1. The maximum Gasteiger partial charge on any atom is 0.240 e. The lowest BCUT2D eigenvalue weighted by Crippen LogP contribution is -2.39. The number of carbonyl (C=O) groups is 1. The molecule has 0 spiro atoms. The normalized spacial score (nSPS) is 12.2. The van der Waals surface area contributed by atoms with E-state index in [9.17, 15) is 4.79 Å². The van der Waals surface area contributed by atoms with Crippen LogP contribution >= 0.6 is 0 Å². The van der Waals surface area contributed by atoms with E-state index in [1.165, 1.54) is 0 Å². The maximum absolute atomic E-state index is 11.9. The van der Waals surface area contributed by atoms with E-state index in [1.807, 2.05) is 6.92 Å². The van der Waals surface area contributed by atoms with Crippen molar-refractivity contribution < 1.29 is 4.79 Å². The van der Waals surface area contributed by atoms with Crippen molar-refractivity contribution in [3.8, 4) is 0 Å². The van der Waals surface area contributed by atoms with Gasteiger partial charge in [-0.05, 0) is 20.3 Å². The minimum atomic E-state index is 0.0118. The predicted molar refractivity (Wildman–Crippen MR) is 67.9 cm³/mol. The number of anilines is 1. The van der Waals surface area contributed by atoms with Crippen molar-refractivity contribution in [2.45, 2.75) is 33.2 Å². The molecule has 0 saturated carbocycles. The van der Waals surface area contributed by atoms with Crippen molar-refractivity contribution in [2.75, 3.05) is 18.5 Å². The van der Waals surface area contributed by atoms with Crippen LogP contribution in [0.15, 0.2) is 12.4 Å². The van der Waals surface area contributed by atoms with Gasteiger partial charge < -0.3 is 10.2 Å². The quantitative estimate of drug-likeness (QED) is 0.832. The van der Waals surface area contributed by atoms with Gasteiger partial charge in [0.2, 0.25) is 5.91 Å². The van der Waals surface area contributed by atoms with Gasteiger partial charge in [0.05, 0.1) is 24.6 Å². The standard InChI is InChI=1S/C12H20N4O/c1-5-9(2)13-8-12(17)16(4)11-6-14-10(3)15-7-11/h6-7,9,13H,5,8H2,1-4H3. The summed E-state index contributed by atoms with van der Waals surface area (Å²) < 4.78 is 0. The Balaban J connectivity index is 2.54. The topological polar surface area (TPSA) is 58.1 Å². The molecule has 0 saturated heterocycles. The van der Waals surface area contributed by atoms with Crippen LogP contribution in [-0.2, 0) is 4.79 Å². The minimum absolute atomic E-state index is 0.0118. The van der Waals surface area contributed by atoms with Gasteiger partial charge in [-0.1, -0.05) is 6.92 Å². The molecule has 17 heavy (non-hydrogen) atoms. The van der Waals surface area contributed by atoms with Crippen LogP contribution in [0.1, 0.15) is 26.1 Å². The summed E-state index contributed by atoms with van der Waals surface area (Å²) in [7, 11) is 1.73. The Morgan fingerprint density at radius 1 is 1.47 bits per heavy atom. The van der Waals surface area contributed by atoms with Crippen molar-refractivity contribution >= 4 is 11.6 Å². The summed E-state index contributed by atoms with van der Waals surface area (Å²) in [5, 5.41) is 3.16. The first kappa shape index (κ1) is 13.6. The number of amides is 1. The Kier molecular flexibility index (Phi) is 5.03. The van der Waals surface area contributed by atoms with Gasteiger partial charge >= 0.3 is 0 Å². The average molecular weight is 236 g/mol. The second-order valence-electron chi connectivity index (χ2n) is 4.13. The van der Waals surface area contributed by atoms with E-state index in [2.05, 4.69) is 29.1 Å². The highest BCUT2D eigenvalue weighted by Crippen LogP contribution is 2.08. The summed E-state index contributed by atoms with van der Waals surface area (Å²) >= 11 is 0. The molecule has 1 unspecified atom stereocenters. The van der Waals surface area contributed by atoms with E-state index < -0.39 is 0 Å². The first-order valence-electron chi connectivity index (χ1n) is 5.83. The summed E-state index contributed by atoms with van der Waals surface area (Å²) in [5.74, 6) is 0.713. The number of aromatic nitrogens is 2. The molecule has 5 nitrogen and oxygen atoms in total. The molecule has 1 heterocycles. The fourth-order valence-electron chi connectivity index (χ4n) is 1.23. The van der Waals surface area contributed by atoms with Crippen LogP contribution in [-0.4, -0.2) is 35.5 Å². The maximum atomic E-state index is 11.9. The van der Waals surface area contributed by atoms with Gasteiger partial charge in [0, 0.05) is 13.1 Å². The summed E-state index contributed by atoms with van der Waals surface area (Å²) in [4.78, 5) is 21.6. The molecule has 94 valence electrons. The fourth-order valence-corrected chi connectivity index (χ4v) is 1.23. The van der Waals surface area contributed by atoms with Gasteiger partial charge in [-0.2, -0.15) is 0 Å².